The van der Waals surface area contributed by atoms with Gasteiger partial charge in [0, 0.05) is 23.3 Å². The second-order valence-corrected chi connectivity index (χ2v) is 7.41. The zero-order valence-electron chi connectivity index (χ0n) is 11.8. The summed E-state index contributed by atoms with van der Waals surface area (Å²) in [5.41, 5.74) is 2.09. The van der Waals surface area contributed by atoms with E-state index in [9.17, 15) is 0 Å². The molecule has 23 heavy (non-hydrogen) atoms. The van der Waals surface area contributed by atoms with Crippen LogP contribution in [0.15, 0.2) is 47.4 Å². The molecule has 0 saturated carbocycles. The van der Waals surface area contributed by atoms with E-state index in [-0.39, 0.29) is 0 Å². The Morgan fingerprint density at radius 1 is 1.00 bits per heavy atom. The van der Waals surface area contributed by atoms with Gasteiger partial charge in [-0.25, -0.2) is 4.98 Å². The summed E-state index contributed by atoms with van der Waals surface area (Å²) in [6.07, 6.45) is 3.56. The van der Waals surface area contributed by atoms with Crippen molar-refractivity contribution in [1.82, 2.24) is 20.2 Å². The van der Waals surface area contributed by atoms with Crippen molar-refractivity contribution in [3.63, 3.8) is 0 Å². The molecule has 4 aromatic heterocycles. The minimum atomic E-state index is 0.640. The van der Waals surface area contributed by atoms with E-state index in [1.807, 2.05) is 23.6 Å². The van der Waals surface area contributed by atoms with Crippen LogP contribution in [0.1, 0.15) is 5.69 Å². The molecule has 4 rings (SSSR count). The molecule has 0 fully saturated rings. The zero-order valence-corrected chi connectivity index (χ0v) is 14.3. The number of rotatable bonds is 5. The number of anilines is 1. The van der Waals surface area contributed by atoms with Crippen LogP contribution in [-0.4, -0.2) is 20.2 Å². The molecule has 0 unspecified atom stereocenters. The van der Waals surface area contributed by atoms with Gasteiger partial charge in [0.05, 0.1) is 17.1 Å². The van der Waals surface area contributed by atoms with E-state index < -0.39 is 0 Å². The summed E-state index contributed by atoms with van der Waals surface area (Å²) >= 11 is 4.86. The second-order valence-electron chi connectivity index (χ2n) is 4.62. The Hall–Kier alpha value is -2.16. The predicted octanol–water partition coefficient (Wildman–Crippen LogP) is 4.40. The van der Waals surface area contributed by atoms with Gasteiger partial charge < -0.3 is 5.32 Å². The van der Waals surface area contributed by atoms with E-state index in [1.165, 1.54) is 0 Å². The maximum absolute atomic E-state index is 4.64. The number of hydrogen-bond acceptors (Lipinski definition) is 8. The number of thiazole rings is 1. The molecule has 0 aliphatic heterocycles. The highest BCUT2D eigenvalue weighted by atomic mass is 32.1. The molecule has 114 valence electrons. The van der Waals surface area contributed by atoms with Crippen LogP contribution >= 0.6 is 34.0 Å². The van der Waals surface area contributed by atoms with E-state index in [4.69, 9.17) is 0 Å². The summed E-state index contributed by atoms with van der Waals surface area (Å²) in [6.45, 7) is 0.640. The maximum Gasteiger partial charge on any atom is 0.206 e. The molecule has 0 aliphatic carbocycles. The van der Waals surface area contributed by atoms with Crippen LogP contribution in [0.25, 0.3) is 20.5 Å². The Bertz CT molecular complexity index is 883. The first-order chi connectivity index (χ1) is 11.4. The van der Waals surface area contributed by atoms with Crippen molar-refractivity contribution in [3.05, 3.63) is 53.1 Å². The van der Waals surface area contributed by atoms with E-state index >= 15 is 0 Å². The lowest BCUT2D eigenvalue weighted by atomic mass is 10.3. The first-order valence-corrected chi connectivity index (χ1v) is 9.42. The molecule has 5 nitrogen and oxygen atoms in total. The van der Waals surface area contributed by atoms with Crippen LogP contribution in [0.4, 0.5) is 5.13 Å². The third-order valence-electron chi connectivity index (χ3n) is 3.06. The van der Waals surface area contributed by atoms with Gasteiger partial charge in [-0.1, -0.05) is 17.4 Å². The van der Waals surface area contributed by atoms with Crippen LogP contribution in [0.2, 0.25) is 0 Å². The summed E-state index contributed by atoms with van der Waals surface area (Å²) in [7, 11) is 0. The Morgan fingerprint density at radius 3 is 2.74 bits per heavy atom. The molecule has 0 amide bonds. The molecule has 4 aromatic rings. The van der Waals surface area contributed by atoms with Crippen LogP contribution in [0.5, 0.6) is 0 Å². The van der Waals surface area contributed by atoms with Crippen molar-refractivity contribution in [2.45, 2.75) is 6.54 Å². The summed E-state index contributed by atoms with van der Waals surface area (Å²) in [5.74, 6) is 0. The number of nitrogens with one attached hydrogen (secondary N) is 1. The molecule has 0 saturated heterocycles. The minimum absolute atomic E-state index is 0.640. The average Bonchev–Trinajstić information content (AvgIpc) is 3.33. The lowest BCUT2D eigenvalue weighted by molar-refractivity contribution is 1.03. The van der Waals surface area contributed by atoms with Gasteiger partial charge in [0.2, 0.25) is 5.13 Å². The fourth-order valence-corrected chi connectivity index (χ4v) is 4.33. The topological polar surface area (TPSA) is 63.6 Å². The van der Waals surface area contributed by atoms with Crippen molar-refractivity contribution < 1.29 is 0 Å². The number of aromatic nitrogens is 4. The van der Waals surface area contributed by atoms with Crippen molar-refractivity contribution in [2.24, 2.45) is 0 Å². The largest absolute Gasteiger partial charge is 0.354 e. The SMILES string of the molecule is c1csc(-c2nnc(NCc3csc(-c4ccncc4)n3)s2)c1. The normalized spacial score (nSPS) is 10.8. The monoisotopic (exact) mass is 357 g/mol. The molecule has 0 radical (unpaired) electrons. The van der Waals surface area contributed by atoms with Crippen molar-refractivity contribution in [2.75, 3.05) is 5.32 Å². The van der Waals surface area contributed by atoms with E-state index in [0.717, 1.165) is 31.3 Å². The lowest BCUT2D eigenvalue weighted by Crippen LogP contribution is -1.99. The molecule has 0 spiro atoms. The van der Waals surface area contributed by atoms with Gasteiger partial charge in [-0.05, 0) is 23.6 Å². The van der Waals surface area contributed by atoms with E-state index in [2.05, 4.69) is 36.9 Å². The van der Waals surface area contributed by atoms with E-state index in [0.29, 0.717) is 6.54 Å². The summed E-state index contributed by atoms with van der Waals surface area (Å²) < 4.78 is 0. The second kappa shape index (κ2) is 6.53. The Morgan fingerprint density at radius 2 is 1.91 bits per heavy atom. The molecule has 0 bridgehead atoms. The summed E-state index contributed by atoms with van der Waals surface area (Å²) in [6, 6.07) is 8.00. The van der Waals surface area contributed by atoms with Crippen molar-refractivity contribution in [1.29, 1.82) is 0 Å². The molecule has 0 aliphatic rings. The highest BCUT2D eigenvalue weighted by Crippen LogP contribution is 2.30. The van der Waals surface area contributed by atoms with Gasteiger partial charge in [0.25, 0.3) is 0 Å². The maximum atomic E-state index is 4.64. The molecular weight excluding hydrogens is 346 g/mol. The zero-order chi connectivity index (χ0) is 15.5. The van der Waals surface area contributed by atoms with Crippen molar-refractivity contribution in [3.8, 4) is 20.5 Å². The number of pyridine rings is 1. The third kappa shape index (κ3) is 3.29. The predicted molar refractivity (Wildman–Crippen MR) is 95.9 cm³/mol. The Balaban J connectivity index is 1.43. The van der Waals surface area contributed by atoms with Gasteiger partial charge in [0.1, 0.15) is 5.01 Å². The number of thiophene rings is 1. The lowest BCUT2D eigenvalue weighted by Gasteiger charge is -1.97. The summed E-state index contributed by atoms with van der Waals surface area (Å²) in [5, 5.41) is 18.5. The Labute approximate surface area is 144 Å². The van der Waals surface area contributed by atoms with Crippen molar-refractivity contribution >= 4 is 39.1 Å². The minimum Gasteiger partial charge on any atom is -0.354 e. The molecule has 1 N–H and O–H groups in total. The van der Waals surface area contributed by atoms with Gasteiger partial charge in [-0.3, -0.25) is 4.98 Å². The first-order valence-electron chi connectivity index (χ1n) is 6.84. The van der Waals surface area contributed by atoms with Gasteiger partial charge >= 0.3 is 0 Å². The first kappa shape index (κ1) is 14.4. The highest BCUT2D eigenvalue weighted by Gasteiger charge is 2.08. The number of hydrogen-bond donors (Lipinski definition) is 1. The number of nitrogens with zero attached hydrogens (tertiary/aromatic N) is 4. The quantitative estimate of drug-likeness (QED) is 0.574. The molecule has 0 aromatic carbocycles. The highest BCUT2D eigenvalue weighted by molar-refractivity contribution is 7.22. The fraction of sp³-hybridized carbons (Fsp3) is 0.0667. The van der Waals surface area contributed by atoms with Gasteiger partial charge in [0.15, 0.2) is 5.01 Å². The standard InChI is InChI=1S/C15H11N5S3/c1-2-12(21-7-1)14-19-20-15(23-14)17-8-11-9-22-13(18-11)10-3-5-16-6-4-10/h1-7,9H,8H2,(H,17,20). The van der Waals surface area contributed by atoms with Crippen LogP contribution in [0.3, 0.4) is 0 Å². The smallest absolute Gasteiger partial charge is 0.206 e. The fourth-order valence-electron chi connectivity index (χ4n) is 1.98. The van der Waals surface area contributed by atoms with Crippen LogP contribution in [0, 0.1) is 0 Å². The molecule has 8 heteroatoms. The van der Waals surface area contributed by atoms with Crippen LogP contribution < -0.4 is 5.32 Å². The summed E-state index contributed by atoms with van der Waals surface area (Å²) in [4.78, 5) is 9.81. The average molecular weight is 357 g/mol. The third-order valence-corrected chi connectivity index (χ3v) is 5.92. The van der Waals surface area contributed by atoms with Gasteiger partial charge in [-0.15, -0.1) is 32.9 Å². The molecule has 4 heterocycles. The Kier molecular flexibility index (Phi) is 4.10. The van der Waals surface area contributed by atoms with Gasteiger partial charge in [-0.2, -0.15) is 0 Å². The molecular formula is C15H11N5S3. The molecule has 0 atom stereocenters. The van der Waals surface area contributed by atoms with E-state index in [1.54, 1.807) is 46.4 Å². The van der Waals surface area contributed by atoms with Crippen LogP contribution in [-0.2, 0) is 6.54 Å².